The second-order valence-corrected chi connectivity index (χ2v) is 6.06. The van der Waals surface area contributed by atoms with Crippen molar-refractivity contribution in [3.05, 3.63) is 29.8 Å². The van der Waals surface area contributed by atoms with Crippen molar-refractivity contribution in [2.45, 2.75) is 26.2 Å². The Morgan fingerprint density at radius 2 is 1.92 bits per heavy atom. The Balaban J connectivity index is 1.82. The van der Waals surface area contributed by atoms with E-state index in [-0.39, 0.29) is 0 Å². The van der Waals surface area contributed by atoms with Gasteiger partial charge in [0.05, 0.1) is 13.2 Å². The molecule has 1 heterocycles. The fourth-order valence-corrected chi connectivity index (χ4v) is 2.67. The largest absolute Gasteiger partial charge is 0.379 e. The molecule has 6 heteroatoms. The Kier molecular flexibility index (Phi) is 7.21. The fourth-order valence-electron chi connectivity index (χ4n) is 2.67. The first-order valence-electron chi connectivity index (χ1n) is 8.60. The predicted octanol–water partition coefficient (Wildman–Crippen LogP) is 1.59. The van der Waals surface area contributed by atoms with Crippen molar-refractivity contribution in [1.29, 1.82) is 0 Å². The van der Waals surface area contributed by atoms with Gasteiger partial charge < -0.3 is 15.4 Å². The monoisotopic (exact) mass is 333 g/mol. The molecule has 2 N–H and O–H groups in total. The summed E-state index contributed by atoms with van der Waals surface area (Å²) in [6, 6.07) is 7.62. The minimum atomic E-state index is -0.618. The van der Waals surface area contributed by atoms with E-state index in [1.54, 1.807) is 0 Å². The van der Waals surface area contributed by atoms with Crippen LogP contribution in [0.15, 0.2) is 24.3 Å². The van der Waals surface area contributed by atoms with E-state index >= 15 is 0 Å². The molecule has 0 bridgehead atoms. The highest BCUT2D eigenvalue weighted by molar-refractivity contribution is 6.39. The van der Waals surface area contributed by atoms with Crippen LogP contribution in [0.1, 0.15) is 31.7 Å². The lowest BCUT2D eigenvalue weighted by Crippen LogP contribution is -2.43. The Labute approximate surface area is 143 Å². The molecule has 0 spiro atoms. The summed E-state index contributed by atoms with van der Waals surface area (Å²) in [7, 11) is 0. The maximum Gasteiger partial charge on any atom is 0.313 e. The Hall–Kier alpha value is -1.92. The number of anilines is 1. The SMILES string of the molecule is CCC(C)c1ccccc1NC(=O)C(=O)NCCN1CCOCC1. The van der Waals surface area contributed by atoms with Crippen LogP contribution in [0.25, 0.3) is 0 Å². The number of hydrogen-bond donors (Lipinski definition) is 2. The van der Waals surface area contributed by atoms with Gasteiger partial charge in [0.15, 0.2) is 0 Å². The van der Waals surface area contributed by atoms with E-state index in [1.807, 2.05) is 24.3 Å². The minimum Gasteiger partial charge on any atom is -0.379 e. The molecule has 1 atom stereocenters. The molecule has 1 aromatic carbocycles. The molecule has 2 amide bonds. The first kappa shape index (κ1) is 18.4. The molecule has 132 valence electrons. The van der Waals surface area contributed by atoms with Crippen molar-refractivity contribution >= 4 is 17.5 Å². The lowest BCUT2D eigenvalue weighted by Gasteiger charge is -2.26. The van der Waals surface area contributed by atoms with Crippen LogP contribution in [0.5, 0.6) is 0 Å². The summed E-state index contributed by atoms with van der Waals surface area (Å²) in [5.41, 5.74) is 1.76. The van der Waals surface area contributed by atoms with E-state index in [4.69, 9.17) is 4.74 Å². The molecule has 1 aromatic rings. The van der Waals surface area contributed by atoms with Crippen LogP contribution in [0.2, 0.25) is 0 Å². The summed E-state index contributed by atoms with van der Waals surface area (Å²) < 4.78 is 5.28. The molecular formula is C18H27N3O3. The average molecular weight is 333 g/mol. The molecule has 24 heavy (non-hydrogen) atoms. The van der Waals surface area contributed by atoms with Crippen LogP contribution in [-0.4, -0.2) is 56.1 Å². The maximum absolute atomic E-state index is 12.1. The number of para-hydroxylation sites is 1. The van der Waals surface area contributed by atoms with E-state index in [2.05, 4.69) is 29.4 Å². The number of morpholine rings is 1. The number of ether oxygens (including phenoxy) is 1. The molecule has 0 saturated carbocycles. The first-order chi connectivity index (χ1) is 11.6. The molecule has 1 fully saturated rings. The van der Waals surface area contributed by atoms with Gasteiger partial charge in [0.2, 0.25) is 0 Å². The number of carbonyl (C=O) groups excluding carboxylic acids is 2. The number of benzene rings is 1. The minimum absolute atomic E-state index is 0.325. The Bertz CT molecular complexity index is 556. The normalized spacial score (nSPS) is 16.4. The van der Waals surface area contributed by atoms with Crippen LogP contribution in [0.3, 0.4) is 0 Å². The zero-order chi connectivity index (χ0) is 17.4. The van der Waals surface area contributed by atoms with Gasteiger partial charge in [-0.05, 0) is 24.0 Å². The second kappa shape index (κ2) is 9.39. The van der Waals surface area contributed by atoms with Crippen molar-refractivity contribution in [3.8, 4) is 0 Å². The van der Waals surface area contributed by atoms with Crippen molar-refractivity contribution in [1.82, 2.24) is 10.2 Å². The first-order valence-corrected chi connectivity index (χ1v) is 8.60. The zero-order valence-electron chi connectivity index (χ0n) is 14.5. The van der Waals surface area contributed by atoms with E-state index in [0.29, 0.717) is 18.2 Å². The molecule has 0 aliphatic carbocycles. The van der Waals surface area contributed by atoms with Crippen LogP contribution in [0, 0.1) is 0 Å². The summed E-state index contributed by atoms with van der Waals surface area (Å²) in [6.45, 7) is 8.57. The standard InChI is InChI=1S/C18H27N3O3/c1-3-14(2)15-6-4-5-7-16(15)20-18(23)17(22)19-8-9-21-10-12-24-13-11-21/h4-7,14H,3,8-13H2,1-2H3,(H,19,22)(H,20,23). The molecule has 0 aromatic heterocycles. The van der Waals surface area contributed by atoms with E-state index in [9.17, 15) is 9.59 Å². The summed E-state index contributed by atoms with van der Waals surface area (Å²) in [5.74, 6) is -0.888. The molecule has 1 aliphatic heterocycles. The van der Waals surface area contributed by atoms with Gasteiger partial charge in [-0.2, -0.15) is 0 Å². The average Bonchev–Trinajstić information content (AvgIpc) is 2.62. The third kappa shape index (κ3) is 5.32. The quantitative estimate of drug-likeness (QED) is 0.776. The van der Waals surface area contributed by atoms with Crippen LogP contribution in [0.4, 0.5) is 5.69 Å². The highest BCUT2D eigenvalue weighted by atomic mass is 16.5. The maximum atomic E-state index is 12.1. The summed E-state index contributed by atoms with van der Waals surface area (Å²) in [5, 5.41) is 5.41. The number of hydrogen-bond acceptors (Lipinski definition) is 4. The van der Waals surface area contributed by atoms with Gasteiger partial charge in [-0.15, -0.1) is 0 Å². The van der Waals surface area contributed by atoms with E-state index < -0.39 is 11.8 Å². The van der Waals surface area contributed by atoms with Gasteiger partial charge in [0.1, 0.15) is 0 Å². The highest BCUT2D eigenvalue weighted by Crippen LogP contribution is 2.26. The highest BCUT2D eigenvalue weighted by Gasteiger charge is 2.17. The number of carbonyl (C=O) groups is 2. The summed E-state index contributed by atoms with van der Waals surface area (Å²) in [4.78, 5) is 26.3. The van der Waals surface area contributed by atoms with Crippen LogP contribution in [-0.2, 0) is 14.3 Å². The van der Waals surface area contributed by atoms with Crippen molar-refractivity contribution in [2.24, 2.45) is 0 Å². The fraction of sp³-hybridized carbons (Fsp3) is 0.556. The summed E-state index contributed by atoms with van der Waals surface area (Å²) in [6.07, 6.45) is 0.971. The molecule has 1 unspecified atom stereocenters. The molecular weight excluding hydrogens is 306 g/mol. The molecule has 1 saturated heterocycles. The van der Waals surface area contributed by atoms with Crippen LogP contribution >= 0.6 is 0 Å². The predicted molar refractivity (Wildman–Crippen MR) is 94.0 cm³/mol. The topological polar surface area (TPSA) is 70.7 Å². The van der Waals surface area contributed by atoms with Crippen molar-refractivity contribution < 1.29 is 14.3 Å². The van der Waals surface area contributed by atoms with Crippen molar-refractivity contribution in [2.75, 3.05) is 44.7 Å². The van der Waals surface area contributed by atoms with Gasteiger partial charge in [0.25, 0.3) is 0 Å². The smallest absolute Gasteiger partial charge is 0.313 e. The van der Waals surface area contributed by atoms with E-state index in [0.717, 1.165) is 44.8 Å². The van der Waals surface area contributed by atoms with Gasteiger partial charge in [-0.25, -0.2) is 0 Å². The molecule has 0 radical (unpaired) electrons. The number of nitrogens with zero attached hydrogens (tertiary/aromatic N) is 1. The van der Waals surface area contributed by atoms with Gasteiger partial charge in [-0.1, -0.05) is 32.0 Å². The van der Waals surface area contributed by atoms with Gasteiger partial charge in [0, 0.05) is 31.9 Å². The van der Waals surface area contributed by atoms with Crippen molar-refractivity contribution in [3.63, 3.8) is 0 Å². The lowest BCUT2D eigenvalue weighted by atomic mass is 9.97. The number of rotatable bonds is 6. The van der Waals surface area contributed by atoms with E-state index in [1.165, 1.54) is 0 Å². The molecule has 1 aliphatic rings. The zero-order valence-corrected chi connectivity index (χ0v) is 14.5. The lowest BCUT2D eigenvalue weighted by molar-refractivity contribution is -0.136. The summed E-state index contributed by atoms with van der Waals surface area (Å²) >= 11 is 0. The molecule has 2 rings (SSSR count). The van der Waals surface area contributed by atoms with Gasteiger partial charge >= 0.3 is 11.8 Å². The Morgan fingerprint density at radius 3 is 2.62 bits per heavy atom. The second-order valence-electron chi connectivity index (χ2n) is 6.06. The number of amides is 2. The van der Waals surface area contributed by atoms with Gasteiger partial charge in [-0.3, -0.25) is 14.5 Å². The third-order valence-electron chi connectivity index (χ3n) is 4.38. The third-order valence-corrected chi connectivity index (χ3v) is 4.38. The number of nitrogens with one attached hydrogen (secondary N) is 2. The van der Waals surface area contributed by atoms with Crippen LogP contribution < -0.4 is 10.6 Å². The Morgan fingerprint density at radius 1 is 1.21 bits per heavy atom. The molecule has 6 nitrogen and oxygen atoms in total.